The minimum atomic E-state index is -0.317. The number of thiol groups is 1. The van der Waals surface area contributed by atoms with Crippen LogP contribution in [0.2, 0.25) is 0 Å². The highest BCUT2D eigenvalue weighted by molar-refractivity contribution is 7.80. The first-order valence-electron chi connectivity index (χ1n) is 5.08. The second-order valence-electron chi connectivity index (χ2n) is 3.37. The number of carbonyl (C=O) groups is 1. The van der Waals surface area contributed by atoms with Crippen molar-refractivity contribution in [3.8, 4) is 6.07 Å². The molecule has 0 saturated carbocycles. The highest BCUT2D eigenvalue weighted by atomic mass is 35.5. The lowest BCUT2D eigenvalue weighted by Gasteiger charge is -2.08. The number of ether oxygens (including phenoxy) is 1. The maximum absolute atomic E-state index is 11.3. The quantitative estimate of drug-likeness (QED) is 0.519. The number of rotatable bonds is 4. The molecule has 0 fully saturated rings. The molecule has 1 rings (SSSR count). The van der Waals surface area contributed by atoms with Crippen molar-refractivity contribution in [3.63, 3.8) is 0 Å². The van der Waals surface area contributed by atoms with E-state index in [1.165, 1.54) is 0 Å². The van der Waals surface area contributed by atoms with Crippen LogP contribution in [-0.4, -0.2) is 12.6 Å². The molecule has 17 heavy (non-hydrogen) atoms. The molecular formula is C12H12ClNO2S. The number of nitriles is 1. The van der Waals surface area contributed by atoms with Crippen LogP contribution in [0.15, 0.2) is 17.0 Å². The Morgan fingerprint density at radius 2 is 2.29 bits per heavy atom. The normalized spacial score (nSPS) is 9.76. The molecule has 0 aliphatic heterocycles. The molecular weight excluding hydrogens is 258 g/mol. The molecule has 90 valence electrons. The highest BCUT2D eigenvalue weighted by Gasteiger charge is 2.10. The predicted molar refractivity (Wildman–Crippen MR) is 68.3 cm³/mol. The van der Waals surface area contributed by atoms with Gasteiger partial charge < -0.3 is 4.74 Å². The summed E-state index contributed by atoms with van der Waals surface area (Å²) in [6.45, 7) is 2.09. The minimum absolute atomic E-state index is 0.138. The van der Waals surface area contributed by atoms with E-state index < -0.39 is 0 Å². The molecule has 1 aromatic carbocycles. The third-order valence-electron chi connectivity index (χ3n) is 2.19. The van der Waals surface area contributed by atoms with Gasteiger partial charge in [0.05, 0.1) is 24.7 Å². The number of carbonyl (C=O) groups excluding carboxylic acids is 1. The molecule has 1 aromatic rings. The van der Waals surface area contributed by atoms with Gasteiger partial charge in [0, 0.05) is 10.8 Å². The van der Waals surface area contributed by atoms with E-state index in [2.05, 4.69) is 12.6 Å². The summed E-state index contributed by atoms with van der Waals surface area (Å²) >= 11 is 9.99. The van der Waals surface area contributed by atoms with E-state index in [-0.39, 0.29) is 18.3 Å². The summed E-state index contributed by atoms with van der Waals surface area (Å²) in [5, 5.41) is 8.98. The fraction of sp³-hybridized carbons (Fsp3) is 0.333. The Labute approximate surface area is 111 Å². The van der Waals surface area contributed by atoms with Gasteiger partial charge in [0.1, 0.15) is 0 Å². The molecule has 0 amide bonds. The van der Waals surface area contributed by atoms with Crippen molar-refractivity contribution >= 4 is 30.2 Å². The topological polar surface area (TPSA) is 50.1 Å². The van der Waals surface area contributed by atoms with Crippen LogP contribution < -0.4 is 0 Å². The molecule has 0 radical (unpaired) electrons. The van der Waals surface area contributed by atoms with Gasteiger partial charge in [-0.2, -0.15) is 5.26 Å². The van der Waals surface area contributed by atoms with Crippen LogP contribution in [0.3, 0.4) is 0 Å². The predicted octanol–water partition coefficient (Wildman–Crippen LogP) is 2.69. The van der Waals surface area contributed by atoms with Crippen molar-refractivity contribution in [2.24, 2.45) is 0 Å². The smallest absolute Gasteiger partial charge is 0.310 e. The van der Waals surface area contributed by atoms with Crippen molar-refractivity contribution in [3.05, 3.63) is 28.8 Å². The van der Waals surface area contributed by atoms with Crippen molar-refractivity contribution < 1.29 is 9.53 Å². The summed E-state index contributed by atoms with van der Waals surface area (Å²) in [7, 11) is 0. The number of alkyl halides is 1. The monoisotopic (exact) mass is 269 g/mol. The molecule has 5 heteroatoms. The minimum Gasteiger partial charge on any atom is -0.466 e. The van der Waals surface area contributed by atoms with Gasteiger partial charge in [-0.3, -0.25) is 4.79 Å². The van der Waals surface area contributed by atoms with Gasteiger partial charge in [0.25, 0.3) is 0 Å². The molecule has 0 aromatic heterocycles. The number of esters is 1. The third-order valence-corrected chi connectivity index (χ3v) is 2.86. The molecule has 0 spiro atoms. The summed E-state index contributed by atoms with van der Waals surface area (Å²) in [5.41, 5.74) is 1.84. The van der Waals surface area contributed by atoms with Gasteiger partial charge in [0.2, 0.25) is 0 Å². The zero-order valence-electron chi connectivity index (χ0n) is 9.36. The van der Waals surface area contributed by atoms with E-state index in [4.69, 9.17) is 21.6 Å². The van der Waals surface area contributed by atoms with Crippen LogP contribution in [0, 0.1) is 11.3 Å². The first-order valence-corrected chi connectivity index (χ1v) is 6.07. The molecule has 0 saturated heterocycles. The lowest BCUT2D eigenvalue weighted by atomic mass is 10.0. The third kappa shape index (κ3) is 3.65. The van der Waals surface area contributed by atoms with E-state index in [1.54, 1.807) is 19.1 Å². The molecule has 0 heterocycles. The lowest BCUT2D eigenvalue weighted by molar-refractivity contribution is -0.142. The second kappa shape index (κ2) is 6.53. The molecule has 0 atom stereocenters. The van der Waals surface area contributed by atoms with Gasteiger partial charge in [-0.1, -0.05) is 0 Å². The average molecular weight is 270 g/mol. The Balaban J connectivity index is 3.00. The largest absolute Gasteiger partial charge is 0.466 e. The van der Waals surface area contributed by atoms with E-state index in [1.807, 2.05) is 6.07 Å². The Kier molecular flexibility index (Phi) is 5.33. The van der Waals surface area contributed by atoms with Gasteiger partial charge in [-0.25, -0.2) is 0 Å². The van der Waals surface area contributed by atoms with E-state index >= 15 is 0 Å². The van der Waals surface area contributed by atoms with Crippen LogP contribution in [0.5, 0.6) is 0 Å². The van der Waals surface area contributed by atoms with E-state index in [0.29, 0.717) is 28.2 Å². The number of halogens is 1. The maximum Gasteiger partial charge on any atom is 0.310 e. The summed E-state index contributed by atoms with van der Waals surface area (Å²) < 4.78 is 4.84. The van der Waals surface area contributed by atoms with Crippen LogP contribution >= 0.6 is 24.2 Å². The first-order chi connectivity index (χ1) is 8.12. The zero-order chi connectivity index (χ0) is 12.8. The standard InChI is InChI=1S/C12H12ClNO2S/c1-2-16-12(15)5-8-3-9(7-14)10(6-13)11(17)4-8/h3-4,17H,2,5-6H2,1H3. The SMILES string of the molecule is CCOC(=O)Cc1cc(S)c(CCl)c(C#N)c1. The zero-order valence-corrected chi connectivity index (χ0v) is 11.0. The summed E-state index contributed by atoms with van der Waals surface area (Å²) in [6, 6.07) is 5.43. The van der Waals surface area contributed by atoms with E-state index in [0.717, 1.165) is 0 Å². The molecule has 0 aliphatic carbocycles. The first kappa shape index (κ1) is 13.9. The summed E-state index contributed by atoms with van der Waals surface area (Å²) in [5.74, 6) is -0.0933. The maximum atomic E-state index is 11.3. The van der Waals surface area contributed by atoms with Crippen molar-refractivity contribution in [2.75, 3.05) is 6.61 Å². The molecule has 3 nitrogen and oxygen atoms in total. The van der Waals surface area contributed by atoms with Crippen LogP contribution in [0.1, 0.15) is 23.6 Å². The number of benzene rings is 1. The van der Waals surface area contributed by atoms with Crippen molar-refractivity contribution in [1.29, 1.82) is 5.26 Å². The summed E-state index contributed by atoms with van der Waals surface area (Å²) in [6.07, 6.45) is 0.138. The molecule has 0 unspecified atom stereocenters. The Bertz CT molecular complexity index is 468. The highest BCUT2D eigenvalue weighted by Crippen LogP contribution is 2.23. The van der Waals surface area contributed by atoms with Gasteiger partial charge in [-0.15, -0.1) is 24.2 Å². The molecule has 0 N–H and O–H groups in total. The summed E-state index contributed by atoms with van der Waals surface area (Å²) in [4.78, 5) is 11.9. The fourth-order valence-electron chi connectivity index (χ4n) is 1.44. The van der Waals surface area contributed by atoms with Gasteiger partial charge in [-0.05, 0) is 30.2 Å². The fourth-order valence-corrected chi connectivity index (χ4v) is 2.18. The Morgan fingerprint density at radius 3 is 2.82 bits per heavy atom. The Hall–Kier alpha value is -1.18. The van der Waals surface area contributed by atoms with Gasteiger partial charge >= 0.3 is 5.97 Å². The van der Waals surface area contributed by atoms with Crippen LogP contribution in [0.4, 0.5) is 0 Å². The van der Waals surface area contributed by atoms with Crippen LogP contribution in [-0.2, 0) is 21.8 Å². The number of nitrogens with zero attached hydrogens (tertiary/aromatic N) is 1. The van der Waals surface area contributed by atoms with E-state index in [9.17, 15) is 4.79 Å². The average Bonchev–Trinajstić information content (AvgIpc) is 2.28. The number of hydrogen-bond acceptors (Lipinski definition) is 4. The number of hydrogen-bond donors (Lipinski definition) is 1. The molecule has 0 bridgehead atoms. The lowest BCUT2D eigenvalue weighted by Crippen LogP contribution is -2.08. The Morgan fingerprint density at radius 1 is 1.59 bits per heavy atom. The molecule has 0 aliphatic rings. The van der Waals surface area contributed by atoms with Crippen LogP contribution in [0.25, 0.3) is 0 Å². The van der Waals surface area contributed by atoms with Gasteiger partial charge in [0.15, 0.2) is 0 Å². The second-order valence-corrected chi connectivity index (χ2v) is 4.12. The van der Waals surface area contributed by atoms with Crippen molar-refractivity contribution in [2.45, 2.75) is 24.1 Å². The van der Waals surface area contributed by atoms with Crippen molar-refractivity contribution in [1.82, 2.24) is 0 Å².